The van der Waals surface area contributed by atoms with Crippen LogP contribution in [0.25, 0.3) is 0 Å². The van der Waals surface area contributed by atoms with Gasteiger partial charge in [-0.15, -0.1) is 0 Å². The summed E-state index contributed by atoms with van der Waals surface area (Å²) in [6.45, 7) is 6.98. The first kappa shape index (κ1) is 18.2. The van der Waals surface area contributed by atoms with Crippen molar-refractivity contribution in [1.29, 1.82) is 0 Å². The SMILES string of the molecule is CNC(Cc1ccc(C)cc1)C(=O)NCC(C)(C)c1ccccc1. The van der Waals surface area contributed by atoms with Gasteiger partial charge in [-0.2, -0.15) is 0 Å². The normalized spacial score (nSPS) is 12.7. The number of likely N-dealkylation sites (N-methyl/N-ethyl adjacent to an activating group) is 1. The second kappa shape index (κ2) is 8.11. The molecule has 2 aromatic carbocycles. The Kier molecular flexibility index (Phi) is 6.16. The number of amides is 1. The van der Waals surface area contributed by atoms with E-state index in [1.54, 1.807) is 0 Å². The summed E-state index contributed by atoms with van der Waals surface area (Å²) in [4.78, 5) is 12.5. The first-order valence-electron chi connectivity index (χ1n) is 8.48. The molecule has 2 rings (SSSR count). The van der Waals surface area contributed by atoms with Crippen LogP contribution in [0, 0.1) is 6.92 Å². The first-order valence-corrected chi connectivity index (χ1v) is 8.48. The molecule has 0 radical (unpaired) electrons. The van der Waals surface area contributed by atoms with Crippen molar-refractivity contribution in [2.75, 3.05) is 13.6 Å². The molecule has 3 nitrogen and oxygen atoms in total. The molecule has 0 spiro atoms. The summed E-state index contributed by atoms with van der Waals surface area (Å²) in [5.41, 5.74) is 3.52. The number of nitrogens with one attached hydrogen (secondary N) is 2. The van der Waals surface area contributed by atoms with Gasteiger partial charge in [0.2, 0.25) is 5.91 Å². The van der Waals surface area contributed by atoms with E-state index in [2.05, 4.69) is 67.8 Å². The van der Waals surface area contributed by atoms with Crippen molar-refractivity contribution in [3.63, 3.8) is 0 Å². The van der Waals surface area contributed by atoms with Gasteiger partial charge in [-0.1, -0.05) is 74.0 Å². The average molecular weight is 324 g/mol. The van der Waals surface area contributed by atoms with Crippen molar-refractivity contribution in [2.24, 2.45) is 0 Å². The molecule has 2 aromatic rings. The van der Waals surface area contributed by atoms with Crippen LogP contribution in [0.5, 0.6) is 0 Å². The van der Waals surface area contributed by atoms with Gasteiger partial charge in [0, 0.05) is 12.0 Å². The highest BCUT2D eigenvalue weighted by molar-refractivity contribution is 5.82. The van der Waals surface area contributed by atoms with Gasteiger partial charge in [0.1, 0.15) is 0 Å². The minimum atomic E-state index is -0.223. The molecule has 0 saturated carbocycles. The van der Waals surface area contributed by atoms with Crippen LogP contribution in [0.4, 0.5) is 0 Å². The predicted molar refractivity (Wildman–Crippen MR) is 100 cm³/mol. The Morgan fingerprint density at radius 3 is 2.25 bits per heavy atom. The van der Waals surface area contributed by atoms with Crippen molar-refractivity contribution >= 4 is 5.91 Å². The summed E-state index contributed by atoms with van der Waals surface area (Å²) in [7, 11) is 1.83. The molecule has 3 heteroatoms. The van der Waals surface area contributed by atoms with Gasteiger partial charge in [-0.05, 0) is 31.5 Å². The van der Waals surface area contributed by atoms with Gasteiger partial charge in [-0.25, -0.2) is 0 Å². The molecule has 1 amide bonds. The second-order valence-electron chi connectivity index (χ2n) is 7.00. The van der Waals surface area contributed by atoms with E-state index in [0.717, 1.165) is 5.56 Å². The Labute approximate surface area is 145 Å². The molecule has 0 aromatic heterocycles. The monoisotopic (exact) mass is 324 g/mol. The van der Waals surface area contributed by atoms with E-state index < -0.39 is 0 Å². The maximum absolute atomic E-state index is 12.5. The van der Waals surface area contributed by atoms with Crippen LogP contribution in [-0.4, -0.2) is 25.5 Å². The number of carbonyl (C=O) groups excluding carboxylic acids is 1. The van der Waals surface area contributed by atoms with E-state index in [1.807, 2.05) is 25.2 Å². The summed E-state index contributed by atoms with van der Waals surface area (Å²) in [6, 6.07) is 18.4. The number of benzene rings is 2. The molecule has 0 heterocycles. The van der Waals surface area contributed by atoms with Crippen LogP contribution in [0.3, 0.4) is 0 Å². The molecule has 0 fully saturated rings. The smallest absolute Gasteiger partial charge is 0.237 e. The number of carbonyl (C=O) groups is 1. The van der Waals surface area contributed by atoms with Gasteiger partial charge >= 0.3 is 0 Å². The van der Waals surface area contributed by atoms with E-state index in [9.17, 15) is 4.79 Å². The third-order valence-electron chi connectivity index (χ3n) is 4.49. The third-order valence-corrected chi connectivity index (χ3v) is 4.49. The van der Waals surface area contributed by atoms with E-state index >= 15 is 0 Å². The summed E-state index contributed by atoms with van der Waals surface area (Å²) >= 11 is 0. The molecule has 0 aliphatic carbocycles. The fourth-order valence-electron chi connectivity index (χ4n) is 2.71. The number of hydrogen-bond acceptors (Lipinski definition) is 2. The molecule has 0 bridgehead atoms. The Hall–Kier alpha value is -2.13. The molecule has 2 N–H and O–H groups in total. The highest BCUT2D eigenvalue weighted by atomic mass is 16.2. The van der Waals surface area contributed by atoms with Crippen molar-refractivity contribution in [2.45, 2.75) is 38.6 Å². The molecular weight excluding hydrogens is 296 g/mol. The topological polar surface area (TPSA) is 41.1 Å². The second-order valence-corrected chi connectivity index (χ2v) is 7.00. The maximum Gasteiger partial charge on any atom is 0.237 e. The van der Waals surface area contributed by atoms with Gasteiger partial charge in [0.25, 0.3) is 0 Å². The third kappa shape index (κ3) is 4.93. The standard InChI is InChI=1S/C21H28N2O/c1-16-10-12-17(13-11-16)14-19(22-4)20(24)23-15-21(2,3)18-8-6-5-7-9-18/h5-13,19,22H,14-15H2,1-4H3,(H,23,24). The van der Waals surface area contributed by atoms with E-state index in [1.165, 1.54) is 11.1 Å². The van der Waals surface area contributed by atoms with Crippen LogP contribution >= 0.6 is 0 Å². The molecule has 0 aliphatic rings. The van der Waals surface area contributed by atoms with E-state index in [4.69, 9.17) is 0 Å². The minimum Gasteiger partial charge on any atom is -0.354 e. The lowest BCUT2D eigenvalue weighted by Gasteiger charge is -2.27. The number of aryl methyl sites for hydroxylation is 1. The molecule has 0 aliphatic heterocycles. The lowest BCUT2D eigenvalue weighted by Crippen LogP contribution is -2.47. The van der Waals surface area contributed by atoms with Crippen molar-refractivity contribution in [3.8, 4) is 0 Å². The van der Waals surface area contributed by atoms with E-state index in [0.29, 0.717) is 13.0 Å². The summed E-state index contributed by atoms with van der Waals surface area (Å²) < 4.78 is 0. The Morgan fingerprint density at radius 2 is 1.67 bits per heavy atom. The molecule has 128 valence electrons. The average Bonchev–Trinajstić information content (AvgIpc) is 2.60. The van der Waals surface area contributed by atoms with Gasteiger partial charge in [0.05, 0.1) is 6.04 Å². The maximum atomic E-state index is 12.5. The van der Waals surface area contributed by atoms with Crippen LogP contribution < -0.4 is 10.6 Å². The fourth-order valence-corrected chi connectivity index (χ4v) is 2.71. The highest BCUT2D eigenvalue weighted by Crippen LogP contribution is 2.21. The molecule has 0 saturated heterocycles. The zero-order valence-electron chi connectivity index (χ0n) is 15.1. The molecule has 24 heavy (non-hydrogen) atoms. The van der Waals surface area contributed by atoms with E-state index in [-0.39, 0.29) is 17.4 Å². The Morgan fingerprint density at radius 1 is 1.04 bits per heavy atom. The number of hydrogen-bond donors (Lipinski definition) is 2. The van der Waals surface area contributed by atoms with Crippen LogP contribution in [0.1, 0.15) is 30.5 Å². The van der Waals surface area contributed by atoms with Crippen molar-refractivity contribution in [1.82, 2.24) is 10.6 Å². The first-order chi connectivity index (χ1) is 11.4. The summed E-state index contributed by atoms with van der Waals surface area (Å²) in [5.74, 6) is 0.0436. The fraction of sp³-hybridized carbons (Fsp3) is 0.381. The molecule has 1 unspecified atom stereocenters. The minimum absolute atomic E-state index is 0.0436. The summed E-state index contributed by atoms with van der Waals surface area (Å²) in [5, 5.41) is 6.23. The zero-order valence-corrected chi connectivity index (χ0v) is 15.1. The lowest BCUT2D eigenvalue weighted by molar-refractivity contribution is -0.123. The van der Waals surface area contributed by atoms with Crippen molar-refractivity contribution in [3.05, 3.63) is 71.3 Å². The highest BCUT2D eigenvalue weighted by Gasteiger charge is 2.23. The summed E-state index contributed by atoms with van der Waals surface area (Å²) in [6.07, 6.45) is 0.689. The van der Waals surface area contributed by atoms with Crippen LogP contribution in [0.15, 0.2) is 54.6 Å². The largest absolute Gasteiger partial charge is 0.354 e. The van der Waals surface area contributed by atoms with Gasteiger partial charge in [0.15, 0.2) is 0 Å². The van der Waals surface area contributed by atoms with Gasteiger partial charge in [-0.3, -0.25) is 4.79 Å². The number of rotatable bonds is 7. The zero-order chi connectivity index (χ0) is 17.6. The van der Waals surface area contributed by atoms with Gasteiger partial charge < -0.3 is 10.6 Å². The van der Waals surface area contributed by atoms with Crippen LogP contribution in [0.2, 0.25) is 0 Å². The molecular formula is C21H28N2O. The lowest BCUT2D eigenvalue weighted by atomic mass is 9.84. The van der Waals surface area contributed by atoms with Crippen molar-refractivity contribution < 1.29 is 4.79 Å². The Bertz CT molecular complexity index is 647. The van der Waals surface area contributed by atoms with Crippen LogP contribution in [-0.2, 0) is 16.6 Å². The molecule has 1 atom stereocenters. The predicted octanol–water partition coefficient (Wildman–Crippen LogP) is 3.22. The Balaban J connectivity index is 1.95. The quantitative estimate of drug-likeness (QED) is 0.821.